The Morgan fingerprint density at radius 1 is 1.71 bits per heavy atom. The molecule has 0 aromatic carbocycles. The molecule has 1 saturated heterocycles. The highest BCUT2D eigenvalue weighted by Gasteiger charge is 2.31. The molecule has 1 aliphatic rings. The quantitative estimate of drug-likeness (QED) is 0.690. The Morgan fingerprint density at radius 3 is 2.79 bits per heavy atom. The van der Waals surface area contributed by atoms with E-state index in [-0.39, 0.29) is 23.7 Å². The zero-order valence-electron chi connectivity index (χ0n) is 9.17. The number of amides is 1. The molecule has 1 fully saturated rings. The van der Waals surface area contributed by atoms with E-state index in [2.05, 4.69) is 19.2 Å². The molecule has 82 valence electrons. The summed E-state index contributed by atoms with van der Waals surface area (Å²) in [6.45, 7) is 6.64. The molecule has 0 bridgehead atoms. The third kappa shape index (κ3) is 3.27. The zero-order valence-corrected chi connectivity index (χ0v) is 9.17. The summed E-state index contributed by atoms with van der Waals surface area (Å²) in [7, 11) is 0. The van der Waals surface area contributed by atoms with Crippen LogP contribution < -0.4 is 11.1 Å². The van der Waals surface area contributed by atoms with E-state index in [1.54, 1.807) is 6.92 Å². The van der Waals surface area contributed by atoms with Gasteiger partial charge in [0, 0.05) is 6.54 Å². The number of hydrogen-bond acceptors (Lipinski definition) is 3. The van der Waals surface area contributed by atoms with Crippen LogP contribution in [-0.4, -0.2) is 30.2 Å². The number of hydrogen-bond donors (Lipinski definition) is 2. The Labute approximate surface area is 85.2 Å². The normalized spacial score (nSPS) is 27.5. The molecule has 14 heavy (non-hydrogen) atoms. The number of carbonyl (C=O) groups is 1. The van der Waals surface area contributed by atoms with Crippen molar-refractivity contribution in [3.63, 3.8) is 0 Å². The lowest BCUT2D eigenvalue weighted by Gasteiger charge is -2.20. The van der Waals surface area contributed by atoms with Crippen LogP contribution in [0.2, 0.25) is 0 Å². The van der Waals surface area contributed by atoms with Crippen molar-refractivity contribution in [2.24, 2.45) is 5.73 Å². The zero-order chi connectivity index (χ0) is 10.8. The highest BCUT2D eigenvalue weighted by Crippen LogP contribution is 2.28. The lowest BCUT2D eigenvalue weighted by Crippen LogP contribution is -2.42. The molecular weight excluding hydrogens is 180 g/mol. The monoisotopic (exact) mass is 200 g/mol. The fourth-order valence-corrected chi connectivity index (χ4v) is 1.63. The van der Waals surface area contributed by atoms with Gasteiger partial charge in [0.25, 0.3) is 0 Å². The van der Waals surface area contributed by atoms with Crippen molar-refractivity contribution in [2.75, 3.05) is 6.54 Å². The van der Waals surface area contributed by atoms with E-state index in [0.29, 0.717) is 6.54 Å². The van der Waals surface area contributed by atoms with E-state index in [1.165, 1.54) is 0 Å². The summed E-state index contributed by atoms with van der Waals surface area (Å²) < 4.78 is 5.76. The van der Waals surface area contributed by atoms with Gasteiger partial charge in [0.05, 0.1) is 17.7 Å². The summed E-state index contributed by atoms with van der Waals surface area (Å²) >= 11 is 0. The number of primary amides is 1. The first kappa shape index (κ1) is 11.5. The SMILES string of the molecule is CC(NCC1CCC(C)(C)O1)C(N)=O. The van der Waals surface area contributed by atoms with Crippen LogP contribution in [0.25, 0.3) is 0 Å². The molecule has 1 aliphatic heterocycles. The van der Waals surface area contributed by atoms with Crippen molar-refractivity contribution in [1.29, 1.82) is 0 Å². The van der Waals surface area contributed by atoms with Gasteiger partial charge in [0.2, 0.25) is 5.91 Å². The molecule has 0 radical (unpaired) electrons. The smallest absolute Gasteiger partial charge is 0.234 e. The molecule has 0 saturated carbocycles. The second-order valence-corrected chi connectivity index (χ2v) is 4.57. The highest BCUT2D eigenvalue weighted by molar-refractivity contribution is 5.79. The predicted molar refractivity (Wildman–Crippen MR) is 54.8 cm³/mol. The van der Waals surface area contributed by atoms with E-state index >= 15 is 0 Å². The molecule has 4 nitrogen and oxygen atoms in total. The van der Waals surface area contributed by atoms with Crippen LogP contribution in [0.1, 0.15) is 33.6 Å². The van der Waals surface area contributed by atoms with Crippen LogP contribution in [0.5, 0.6) is 0 Å². The van der Waals surface area contributed by atoms with Crippen molar-refractivity contribution in [3.8, 4) is 0 Å². The number of nitrogens with one attached hydrogen (secondary N) is 1. The van der Waals surface area contributed by atoms with Gasteiger partial charge >= 0.3 is 0 Å². The van der Waals surface area contributed by atoms with E-state index in [4.69, 9.17) is 10.5 Å². The number of nitrogens with two attached hydrogens (primary N) is 1. The van der Waals surface area contributed by atoms with Gasteiger partial charge < -0.3 is 15.8 Å². The Kier molecular flexibility index (Phi) is 3.50. The molecule has 0 aromatic heterocycles. The Balaban J connectivity index is 2.24. The largest absolute Gasteiger partial charge is 0.371 e. The topological polar surface area (TPSA) is 64.3 Å². The third-order valence-corrected chi connectivity index (χ3v) is 2.63. The van der Waals surface area contributed by atoms with Gasteiger partial charge in [0.15, 0.2) is 0 Å². The second kappa shape index (κ2) is 4.28. The first-order chi connectivity index (χ1) is 6.41. The summed E-state index contributed by atoms with van der Waals surface area (Å²) in [4.78, 5) is 10.8. The van der Waals surface area contributed by atoms with E-state index in [1.807, 2.05) is 0 Å². The van der Waals surface area contributed by atoms with Crippen molar-refractivity contribution in [3.05, 3.63) is 0 Å². The molecule has 0 aliphatic carbocycles. The van der Waals surface area contributed by atoms with Crippen LogP contribution >= 0.6 is 0 Å². The average molecular weight is 200 g/mol. The van der Waals surface area contributed by atoms with Crippen molar-refractivity contribution in [1.82, 2.24) is 5.32 Å². The fraction of sp³-hybridized carbons (Fsp3) is 0.900. The molecular formula is C10H20N2O2. The lowest BCUT2D eigenvalue weighted by atomic mass is 10.1. The first-order valence-corrected chi connectivity index (χ1v) is 5.11. The standard InChI is InChI=1S/C10H20N2O2/c1-7(9(11)13)12-6-8-4-5-10(2,3)14-8/h7-8,12H,4-6H2,1-3H3,(H2,11,13). The third-order valence-electron chi connectivity index (χ3n) is 2.63. The number of rotatable bonds is 4. The van der Waals surface area contributed by atoms with E-state index < -0.39 is 0 Å². The van der Waals surface area contributed by atoms with Gasteiger partial charge in [-0.1, -0.05) is 0 Å². The summed E-state index contributed by atoms with van der Waals surface area (Å²) in [5, 5.41) is 3.06. The van der Waals surface area contributed by atoms with Gasteiger partial charge in [-0.15, -0.1) is 0 Å². The summed E-state index contributed by atoms with van der Waals surface area (Å²) in [5.74, 6) is -0.317. The molecule has 1 amide bonds. The van der Waals surface area contributed by atoms with Crippen molar-refractivity contribution >= 4 is 5.91 Å². The van der Waals surface area contributed by atoms with Crippen molar-refractivity contribution in [2.45, 2.75) is 51.4 Å². The molecule has 2 atom stereocenters. The Bertz CT molecular complexity index is 216. The lowest BCUT2D eigenvalue weighted by molar-refractivity contribution is -0.119. The summed E-state index contributed by atoms with van der Waals surface area (Å²) in [6.07, 6.45) is 2.34. The molecule has 1 heterocycles. The minimum atomic E-state index is -0.317. The molecule has 2 unspecified atom stereocenters. The van der Waals surface area contributed by atoms with Gasteiger partial charge in [0.1, 0.15) is 0 Å². The first-order valence-electron chi connectivity index (χ1n) is 5.11. The van der Waals surface area contributed by atoms with Crippen LogP contribution in [0.4, 0.5) is 0 Å². The highest BCUT2D eigenvalue weighted by atomic mass is 16.5. The maximum atomic E-state index is 10.8. The minimum absolute atomic E-state index is 0.0116. The average Bonchev–Trinajstić information content (AvgIpc) is 2.41. The van der Waals surface area contributed by atoms with Gasteiger partial charge in [-0.3, -0.25) is 4.79 Å². The van der Waals surface area contributed by atoms with Crippen LogP contribution in [-0.2, 0) is 9.53 Å². The summed E-state index contributed by atoms with van der Waals surface area (Å²) in [5.41, 5.74) is 5.12. The number of carbonyl (C=O) groups excluding carboxylic acids is 1. The molecule has 3 N–H and O–H groups in total. The summed E-state index contributed by atoms with van der Waals surface area (Å²) in [6, 6.07) is -0.276. The molecule has 0 aromatic rings. The van der Waals surface area contributed by atoms with E-state index in [0.717, 1.165) is 12.8 Å². The Hall–Kier alpha value is -0.610. The molecule has 4 heteroatoms. The fourth-order valence-electron chi connectivity index (χ4n) is 1.63. The van der Waals surface area contributed by atoms with Gasteiger partial charge in [-0.25, -0.2) is 0 Å². The van der Waals surface area contributed by atoms with Crippen LogP contribution in [0.3, 0.4) is 0 Å². The molecule has 0 spiro atoms. The number of ether oxygens (including phenoxy) is 1. The second-order valence-electron chi connectivity index (χ2n) is 4.57. The van der Waals surface area contributed by atoms with Gasteiger partial charge in [-0.2, -0.15) is 0 Å². The molecule has 1 rings (SSSR count). The van der Waals surface area contributed by atoms with Crippen LogP contribution in [0.15, 0.2) is 0 Å². The van der Waals surface area contributed by atoms with Crippen LogP contribution in [0, 0.1) is 0 Å². The maximum absolute atomic E-state index is 10.8. The minimum Gasteiger partial charge on any atom is -0.371 e. The maximum Gasteiger partial charge on any atom is 0.234 e. The van der Waals surface area contributed by atoms with Gasteiger partial charge in [-0.05, 0) is 33.6 Å². The van der Waals surface area contributed by atoms with E-state index in [9.17, 15) is 4.79 Å². The predicted octanol–water partition coefficient (Wildman–Crippen LogP) is 0.407. The Morgan fingerprint density at radius 2 is 2.36 bits per heavy atom. The van der Waals surface area contributed by atoms with Crippen molar-refractivity contribution < 1.29 is 9.53 Å².